The number of amides is 1. The van der Waals surface area contributed by atoms with Crippen molar-refractivity contribution in [3.05, 3.63) is 42.5 Å². The topological polar surface area (TPSA) is 201 Å². The van der Waals surface area contributed by atoms with Gasteiger partial charge in [-0.2, -0.15) is 0 Å². The molecule has 2 unspecified atom stereocenters. The fourth-order valence-corrected chi connectivity index (χ4v) is 3.90. The third-order valence-corrected chi connectivity index (χ3v) is 5.95. The molecule has 2 aromatic heterocycles. The lowest BCUT2D eigenvalue weighted by molar-refractivity contribution is -0.140. The number of alkyl carbamates (subject to hydrolysis) is 1. The third-order valence-electron chi connectivity index (χ3n) is 5.95. The normalized spacial score (nSPS) is 22.2. The van der Waals surface area contributed by atoms with Gasteiger partial charge in [-0.25, -0.2) is 24.5 Å². The van der Waals surface area contributed by atoms with E-state index in [1.54, 1.807) is 38.1 Å². The number of aliphatic carboxylic acids is 1. The highest BCUT2D eigenvalue weighted by atomic mass is 16.6. The van der Waals surface area contributed by atoms with Gasteiger partial charge in [-0.1, -0.05) is 26.0 Å². The smallest absolute Gasteiger partial charge is 0.407 e. The van der Waals surface area contributed by atoms with E-state index < -0.39 is 49.3 Å². The average molecular weight is 517 g/mol. The number of hydrogen-bond donors (Lipinski definition) is 6. The molecule has 0 radical (unpaired) electrons. The molecule has 5 atom stereocenters. The Balaban J connectivity index is 1.42. The number of carbonyl (C=O) groups is 2. The number of anilines is 1. The van der Waals surface area contributed by atoms with E-state index >= 15 is 0 Å². The van der Waals surface area contributed by atoms with Crippen LogP contribution in [0, 0.1) is 5.92 Å². The molecule has 1 saturated heterocycles. The number of phenols is 1. The molecule has 1 aliphatic heterocycles. The molecule has 3 aromatic rings. The van der Waals surface area contributed by atoms with Crippen molar-refractivity contribution in [3.8, 4) is 5.75 Å². The van der Waals surface area contributed by atoms with E-state index in [9.17, 15) is 30.0 Å². The van der Waals surface area contributed by atoms with Gasteiger partial charge in [-0.15, -0.1) is 0 Å². The monoisotopic (exact) mass is 516 g/mol. The number of carboxylic acids is 1. The maximum Gasteiger partial charge on any atom is 0.407 e. The summed E-state index contributed by atoms with van der Waals surface area (Å²) in [5.74, 6) is -0.986. The Kier molecular flexibility index (Phi) is 7.71. The largest absolute Gasteiger partial charge is 0.508 e. The quantitative estimate of drug-likeness (QED) is 0.232. The van der Waals surface area contributed by atoms with Crippen LogP contribution in [0.1, 0.15) is 25.6 Å². The van der Waals surface area contributed by atoms with Crippen molar-refractivity contribution in [2.24, 2.45) is 5.92 Å². The van der Waals surface area contributed by atoms with Crippen molar-refractivity contribution in [2.45, 2.75) is 51.0 Å². The van der Waals surface area contributed by atoms with Gasteiger partial charge in [0.05, 0.1) is 6.33 Å². The number of nitrogens with zero attached hydrogens (tertiary/aromatic N) is 4. The van der Waals surface area contributed by atoms with Gasteiger partial charge >= 0.3 is 12.1 Å². The van der Waals surface area contributed by atoms with Crippen LogP contribution in [0.4, 0.5) is 10.6 Å². The summed E-state index contributed by atoms with van der Waals surface area (Å²) in [6.45, 7) is 3.25. The summed E-state index contributed by atoms with van der Waals surface area (Å²) in [6.07, 6.45) is -3.24. The zero-order valence-electron chi connectivity index (χ0n) is 20.1. The number of rotatable bonds is 9. The molecule has 1 aliphatic rings. The first-order chi connectivity index (χ1) is 17.7. The van der Waals surface area contributed by atoms with Gasteiger partial charge in [0.1, 0.15) is 43.0 Å². The van der Waals surface area contributed by atoms with Crippen LogP contribution in [-0.4, -0.2) is 83.0 Å². The van der Waals surface area contributed by atoms with Crippen LogP contribution in [0.15, 0.2) is 36.9 Å². The molecule has 4 rings (SSSR count). The summed E-state index contributed by atoms with van der Waals surface area (Å²) in [4.78, 5) is 36.1. The number of hydrogen-bond acceptors (Lipinski definition) is 11. The summed E-state index contributed by atoms with van der Waals surface area (Å²) in [5, 5.41) is 45.1. The van der Waals surface area contributed by atoms with Crippen LogP contribution >= 0.6 is 0 Å². The van der Waals surface area contributed by atoms with Crippen molar-refractivity contribution in [1.82, 2.24) is 24.8 Å². The number of aliphatic hydroxyl groups excluding tert-OH is 2. The number of aromatic nitrogens is 4. The predicted octanol–water partition coefficient (Wildman–Crippen LogP) is 0.599. The third kappa shape index (κ3) is 5.71. The molecular weight excluding hydrogens is 488 g/mol. The van der Waals surface area contributed by atoms with E-state index in [1.807, 2.05) is 0 Å². The summed E-state index contributed by atoms with van der Waals surface area (Å²) >= 11 is 0. The van der Waals surface area contributed by atoms with Gasteiger partial charge in [0.25, 0.3) is 0 Å². The SMILES string of the molecule is CC(C)[C@H](NC(=O)OC[C@H]1O[C@@H](n2cnc3c(NCc4ccc(O)cc4)ncnc32)C(O)C1O)C(=O)O. The number of imidazole rings is 1. The van der Waals surface area contributed by atoms with Crippen LogP contribution in [0.2, 0.25) is 0 Å². The van der Waals surface area contributed by atoms with Gasteiger partial charge in [0.2, 0.25) is 0 Å². The van der Waals surface area contributed by atoms with Gasteiger partial charge in [-0.3, -0.25) is 4.57 Å². The van der Waals surface area contributed by atoms with Gasteiger partial charge in [0.15, 0.2) is 23.2 Å². The van der Waals surface area contributed by atoms with Crippen LogP contribution in [0.25, 0.3) is 11.2 Å². The van der Waals surface area contributed by atoms with E-state index in [-0.39, 0.29) is 11.7 Å². The van der Waals surface area contributed by atoms with Crippen LogP contribution < -0.4 is 10.6 Å². The minimum Gasteiger partial charge on any atom is -0.508 e. The lowest BCUT2D eigenvalue weighted by atomic mass is 10.1. The van der Waals surface area contributed by atoms with E-state index in [0.717, 1.165) is 5.56 Å². The number of nitrogens with one attached hydrogen (secondary N) is 2. The van der Waals surface area contributed by atoms with E-state index in [1.165, 1.54) is 17.2 Å². The summed E-state index contributed by atoms with van der Waals surface area (Å²) < 4.78 is 12.3. The second kappa shape index (κ2) is 10.9. The first-order valence-electron chi connectivity index (χ1n) is 11.5. The molecule has 1 amide bonds. The number of aliphatic hydroxyl groups is 2. The molecule has 198 valence electrons. The molecule has 0 saturated carbocycles. The standard InChI is InChI=1S/C23H28N6O8/c1-11(2)15(22(33)34)28-23(35)36-8-14-17(31)18(32)21(37-14)29-10-27-16-19(25-9-26-20(16)29)24-7-12-3-5-13(30)6-4-12/h3-6,9-11,14-15,17-18,21,30-32H,7-8H2,1-2H3,(H,28,35)(H,33,34)(H,24,25,26)/t14-,15+,17?,18?,21-/m1/s1. The molecule has 1 aromatic carbocycles. The highest BCUT2D eigenvalue weighted by Gasteiger charge is 2.45. The Hall–Kier alpha value is -4.01. The van der Waals surface area contributed by atoms with E-state index in [4.69, 9.17) is 9.47 Å². The second-order valence-corrected chi connectivity index (χ2v) is 8.92. The second-order valence-electron chi connectivity index (χ2n) is 8.92. The molecule has 37 heavy (non-hydrogen) atoms. The van der Waals surface area contributed by atoms with Crippen molar-refractivity contribution in [3.63, 3.8) is 0 Å². The molecule has 6 N–H and O–H groups in total. The summed E-state index contributed by atoms with van der Waals surface area (Å²) in [6, 6.07) is 5.52. The first-order valence-corrected chi connectivity index (χ1v) is 11.5. The van der Waals surface area contributed by atoms with Crippen LogP contribution in [0.3, 0.4) is 0 Å². The summed E-state index contributed by atoms with van der Waals surface area (Å²) in [7, 11) is 0. The minimum absolute atomic E-state index is 0.161. The Morgan fingerprint density at radius 3 is 2.54 bits per heavy atom. The fraction of sp³-hybridized carbons (Fsp3) is 0.435. The minimum atomic E-state index is -1.40. The van der Waals surface area contributed by atoms with E-state index in [0.29, 0.717) is 23.5 Å². The molecular formula is C23H28N6O8. The number of aromatic hydroxyl groups is 1. The summed E-state index contributed by atoms with van der Waals surface area (Å²) in [5.41, 5.74) is 1.63. The fourth-order valence-electron chi connectivity index (χ4n) is 3.90. The number of carboxylic acid groups (broad SMARTS) is 1. The number of carbonyl (C=O) groups excluding carboxylic acids is 1. The molecule has 0 bridgehead atoms. The van der Waals surface area contributed by atoms with Crippen molar-refractivity contribution >= 4 is 29.0 Å². The highest BCUT2D eigenvalue weighted by Crippen LogP contribution is 2.32. The molecule has 14 nitrogen and oxygen atoms in total. The first kappa shape index (κ1) is 26.1. The molecule has 1 fully saturated rings. The zero-order valence-corrected chi connectivity index (χ0v) is 20.1. The van der Waals surface area contributed by atoms with E-state index in [2.05, 4.69) is 25.6 Å². The van der Waals surface area contributed by atoms with Crippen LogP contribution in [0.5, 0.6) is 5.75 Å². The number of phenolic OH excluding ortho intramolecular Hbond substituents is 1. The van der Waals surface area contributed by atoms with Gasteiger partial charge < -0.3 is 40.5 Å². The number of benzene rings is 1. The van der Waals surface area contributed by atoms with Gasteiger partial charge in [0, 0.05) is 6.54 Å². The zero-order chi connectivity index (χ0) is 26.7. The van der Waals surface area contributed by atoms with Crippen molar-refractivity contribution in [2.75, 3.05) is 11.9 Å². The molecule has 0 aliphatic carbocycles. The van der Waals surface area contributed by atoms with Crippen molar-refractivity contribution < 1.29 is 39.5 Å². The Labute approximate surface area is 210 Å². The number of fused-ring (bicyclic) bond motifs is 1. The highest BCUT2D eigenvalue weighted by molar-refractivity contribution is 5.82. The molecule has 3 heterocycles. The Morgan fingerprint density at radius 2 is 1.86 bits per heavy atom. The molecule has 0 spiro atoms. The van der Waals surface area contributed by atoms with Crippen LogP contribution in [-0.2, 0) is 20.8 Å². The Bertz CT molecular complexity index is 1250. The number of ether oxygens (including phenoxy) is 2. The molecule has 14 heteroatoms. The lowest BCUT2D eigenvalue weighted by Crippen LogP contribution is -2.45. The lowest BCUT2D eigenvalue weighted by Gasteiger charge is -2.19. The predicted molar refractivity (Wildman–Crippen MR) is 127 cm³/mol. The average Bonchev–Trinajstić information content (AvgIpc) is 3.41. The van der Waals surface area contributed by atoms with Gasteiger partial charge in [-0.05, 0) is 23.6 Å². The maximum atomic E-state index is 12.1. The maximum absolute atomic E-state index is 12.1. The van der Waals surface area contributed by atoms with Crippen molar-refractivity contribution in [1.29, 1.82) is 0 Å². The Morgan fingerprint density at radius 1 is 1.14 bits per heavy atom.